The van der Waals surface area contributed by atoms with E-state index < -0.39 is 29.9 Å². The lowest BCUT2D eigenvalue weighted by Gasteiger charge is -2.21. The second-order valence-corrected chi connectivity index (χ2v) is 4.03. The quantitative estimate of drug-likeness (QED) is 0.491. The second-order valence-electron chi connectivity index (χ2n) is 4.03. The minimum Gasteiger partial charge on any atom is -0.467 e. The first-order chi connectivity index (χ1) is 7.79. The first kappa shape index (κ1) is 15.4. The van der Waals surface area contributed by atoms with E-state index in [4.69, 9.17) is 11.5 Å². The lowest BCUT2D eigenvalue weighted by Crippen LogP contribution is -2.51. The molecule has 0 rings (SSSR count). The van der Waals surface area contributed by atoms with Crippen molar-refractivity contribution in [2.45, 2.75) is 32.4 Å². The number of methoxy groups -OCH3 is 1. The van der Waals surface area contributed by atoms with Crippen LogP contribution in [0.4, 0.5) is 0 Å². The van der Waals surface area contributed by atoms with E-state index in [-0.39, 0.29) is 12.3 Å². The molecule has 0 saturated heterocycles. The third-order valence-electron chi connectivity index (χ3n) is 2.18. The number of nitrogens with two attached hydrogens (primary N) is 2. The molecule has 0 heterocycles. The topological polar surface area (TPSA) is 125 Å². The fourth-order valence-electron chi connectivity index (χ4n) is 1.19. The Bertz CT molecular complexity index is 304. The molecule has 98 valence electrons. The predicted molar refractivity (Wildman–Crippen MR) is 60.6 cm³/mol. The molecule has 7 nitrogen and oxygen atoms in total. The van der Waals surface area contributed by atoms with Gasteiger partial charge in [0.1, 0.15) is 6.04 Å². The molecule has 0 aromatic heterocycles. The summed E-state index contributed by atoms with van der Waals surface area (Å²) in [5.74, 6) is -1.98. The zero-order valence-electron chi connectivity index (χ0n) is 10.2. The lowest BCUT2D eigenvalue weighted by molar-refractivity contribution is -0.146. The standard InChI is InChI=1S/C10H19N3O4/c1-5(2)8(10(16)17-3)13-9(15)6(11)4-7(12)14/h5-6,8H,4,11H2,1-3H3,(H2,12,14)(H,13,15)/t6-,8-/m0/s1. The van der Waals surface area contributed by atoms with Crippen molar-refractivity contribution in [3.8, 4) is 0 Å². The van der Waals surface area contributed by atoms with Gasteiger partial charge in [-0.15, -0.1) is 0 Å². The molecule has 0 saturated carbocycles. The van der Waals surface area contributed by atoms with Gasteiger partial charge in [-0.3, -0.25) is 9.59 Å². The van der Waals surface area contributed by atoms with E-state index in [1.807, 2.05) is 0 Å². The molecule has 0 unspecified atom stereocenters. The molecule has 0 aliphatic rings. The SMILES string of the molecule is COC(=O)[C@@H](NC(=O)[C@@H](N)CC(N)=O)C(C)C. The van der Waals surface area contributed by atoms with Gasteiger partial charge in [-0.1, -0.05) is 13.8 Å². The number of nitrogens with one attached hydrogen (secondary N) is 1. The van der Waals surface area contributed by atoms with E-state index in [1.54, 1.807) is 13.8 Å². The van der Waals surface area contributed by atoms with E-state index in [9.17, 15) is 14.4 Å². The summed E-state index contributed by atoms with van der Waals surface area (Å²) in [6, 6.07) is -1.84. The summed E-state index contributed by atoms with van der Waals surface area (Å²) in [5.41, 5.74) is 10.4. The van der Waals surface area contributed by atoms with Crippen molar-refractivity contribution in [3.63, 3.8) is 0 Å². The lowest BCUT2D eigenvalue weighted by atomic mass is 10.0. The molecule has 0 aliphatic carbocycles. The van der Waals surface area contributed by atoms with Crippen LogP contribution in [0.25, 0.3) is 0 Å². The van der Waals surface area contributed by atoms with Crippen LogP contribution in [0, 0.1) is 5.92 Å². The maximum atomic E-state index is 11.6. The van der Waals surface area contributed by atoms with Crippen LogP contribution in [0.3, 0.4) is 0 Å². The minimum atomic E-state index is -1.06. The Hall–Kier alpha value is -1.63. The van der Waals surface area contributed by atoms with E-state index >= 15 is 0 Å². The number of esters is 1. The summed E-state index contributed by atoms with van der Waals surface area (Å²) in [5, 5.41) is 2.43. The Morgan fingerprint density at radius 3 is 2.18 bits per heavy atom. The van der Waals surface area contributed by atoms with Crippen LogP contribution in [0.2, 0.25) is 0 Å². The van der Waals surface area contributed by atoms with Crippen LogP contribution >= 0.6 is 0 Å². The van der Waals surface area contributed by atoms with Gasteiger partial charge in [0, 0.05) is 0 Å². The van der Waals surface area contributed by atoms with Crippen molar-refractivity contribution in [2.24, 2.45) is 17.4 Å². The van der Waals surface area contributed by atoms with Gasteiger partial charge in [0.2, 0.25) is 11.8 Å². The zero-order valence-corrected chi connectivity index (χ0v) is 10.2. The van der Waals surface area contributed by atoms with Gasteiger partial charge < -0.3 is 21.5 Å². The van der Waals surface area contributed by atoms with Crippen molar-refractivity contribution >= 4 is 17.8 Å². The van der Waals surface area contributed by atoms with Crippen molar-refractivity contribution in [3.05, 3.63) is 0 Å². The Labute approximate surface area is 99.9 Å². The first-order valence-electron chi connectivity index (χ1n) is 5.21. The smallest absolute Gasteiger partial charge is 0.328 e. The molecule has 2 atom stereocenters. The van der Waals surface area contributed by atoms with Crippen LogP contribution in [0.5, 0.6) is 0 Å². The number of carbonyl (C=O) groups is 3. The molecule has 0 spiro atoms. The highest BCUT2D eigenvalue weighted by molar-refractivity contribution is 5.90. The molecule has 0 radical (unpaired) electrons. The third kappa shape index (κ3) is 5.30. The summed E-state index contributed by atoms with van der Waals surface area (Å²) in [4.78, 5) is 33.5. The van der Waals surface area contributed by atoms with Gasteiger partial charge in [0.25, 0.3) is 0 Å². The van der Waals surface area contributed by atoms with Crippen LogP contribution in [-0.4, -0.2) is 37.0 Å². The largest absolute Gasteiger partial charge is 0.467 e. The highest BCUT2D eigenvalue weighted by Gasteiger charge is 2.27. The van der Waals surface area contributed by atoms with Gasteiger partial charge >= 0.3 is 5.97 Å². The molecule has 0 fully saturated rings. The monoisotopic (exact) mass is 245 g/mol. The first-order valence-corrected chi connectivity index (χ1v) is 5.21. The summed E-state index contributed by atoms with van der Waals surface area (Å²) in [7, 11) is 1.23. The summed E-state index contributed by atoms with van der Waals surface area (Å²) >= 11 is 0. The molecular formula is C10H19N3O4. The second kappa shape index (κ2) is 6.85. The van der Waals surface area contributed by atoms with Gasteiger partial charge in [0.15, 0.2) is 0 Å². The molecule has 0 aromatic carbocycles. The minimum absolute atomic E-state index is 0.146. The fourth-order valence-corrected chi connectivity index (χ4v) is 1.19. The molecule has 2 amide bonds. The molecular weight excluding hydrogens is 226 g/mol. The van der Waals surface area contributed by atoms with E-state index in [1.165, 1.54) is 7.11 Å². The summed E-state index contributed by atoms with van der Waals surface area (Å²) in [6.07, 6.45) is -0.266. The molecule has 0 bridgehead atoms. The average molecular weight is 245 g/mol. The predicted octanol–water partition coefficient (Wildman–Crippen LogP) is -1.50. The van der Waals surface area contributed by atoms with Crippen LogP contribution < -0.4 is 16.8 Å². The van der Waals surface area contributed by atoms with Gasteiger partial charge in [-0.05, 0) is 5.92 Å². The van der Waals surface area contributed by atoms with Crippen LogP contribution in [0.1, 0.15) is 20.3 Å². The summed E-state index contributed by atoms with van der Waals surface area (Å²) < 4.78 is 4.55. The highest BCUT2D eigenvalue weighted by Crippen LogP contribution is 2.04. The Morgan fingerprint density at radius 1 is 1.29 bits per heavy atom. The number of amides is 2. The number of hydrogen-bond donors (Lipinski definition) is 3. The van der Waals surface area contributed by atoms with E-state index in [0.29, 0.717) is 0 Å². The van der Waals surface area contributed by atoms with Crippen LogP contribution in [0.15, 0.2) is 0 Å². The van der Waals surface area contributed by atoms with Crippen molar-refractivity contribution in [1.29, 1.82) is 0 Å². The number of primary amides is 1. The van der Waals surface area contributed by atoms with Gasteiger partial charge in [-0.2, -0.15) is 0 Å². The molecule has 0 aliphatic heterocycles. The summed E-state index contributed by atoms with van der Waals surface area (Å²) in [6.45, 7) is 3.50. The van der Waals surface area contributed by atoms with Crippen molar-refractivity contribution < 1.29 is 19.1 Å². The number of carbonyl (C=O) groups excluding carboxylic acids is 3. The maximum Gasteiger partial charge on any atom is 0.328 e. The Morgan fingerprint density at radius 2 is 1.82 bits per heavy atom. The highest BCUT2D eigenvalue weighted by atomic mass is 16.5. The van der Waals surface area contributed by atoms with E-state index in [2.05, 4.69) is 10.1 Å². The number of rotatable bonds is 6. The molecule has 5 N–H and O–H groups in total. The average Bonchev–Trinajstić information content (AvgIpc) is 2.22. The maximum absolute atomic E-state index is 11.6. The normalized spacial score (nSPS) is 13.9. The zero-order chi connectivity index (χ0) is 13.6. The number of hydrogen-bond acceptors (Lipinski definition) is 5. The van der Waals surface area contributed by atoms with Gasteiger partial charge in [0.05, 0.1) is 19.6 Å². The Kier molecular flexibility index (Phi) is 6.19. The van der Waals surface area contributed by atoms with E-state index in [0.717, 1.165) is 0 Å². The molecule has 7 heteroatoms. The van der Waals surface area contributed by atoms with Crippen LogP contribution in [-0.2, 0) is 19.1 Å². The van der Waals surface area contributed by atoms with Gasteiger partial charge in [-0.25, -0.2) is 4.79 Å². The van der Waals surface area contributed by atoms with Crippen molar-refractivity contribution in [1.82, 2.24) is 5.32 Å². The fraction of sp³-hybridized carbons (Fsp3) is 0.700. The molecule has 17 heavy (non-hydrogen) atoms. The molecule has 0 aromatic rings. The number of ether oxygens (including phenoxy) is 1. The van der Waals surface area contributed by atoms with Crippen molar-refractivity contribution in [2.75, 3.05) is 7.11 Å². The third-order valence-corrected chi connectivity index (χ3v) is 2.18. The Balaban J connectivity index is 4.50.